The first-order chi connectivity index (χ1) is 10.8. The van der Waals surface area contributed by atoms with Gasteiger partial charge in [-0.3, -0.25) is 0 Å². The van der Waals surface area contributed by atoms with E-state index in [2.05, 4.69) is 19.1 Å². The first-order valence-corrected chi connectivity index (χ1v) is 9.73. The van der Waals surface area contributed by atoms with E-state index in [1.54, 1.807) is 0 Å². The molecule has 0 rings (SSSR count). The maximum atomic E-state index is 5.55. The van der Waals surface area contributed by atoms with Crippen molar-refractivity contribution in [2.75, 3.05) is 13.2 Å². The predicted molar refractivity (Wildman–Crippen MR) is 97.3 cm³/mol. The van der Waals surface area contributed by atoms with E-state index in [-0.39, 0.29) is 6.29 Å². The van der Waals surface area contributed by atoms with E-state index in [0.717, 1.165) is 19.6 Å². The van der Waals surface area contributed by atoms with Gasteiger partial charge in [0.05, 0.1) is 0 Å². The lowest BCUT2D eigenvalue weighted by molar-refractivity contribution is -0.140. The molecule has 0 bridgehead atoms. The Labute approximate surface area is 139 Å². The molecule has 0 spiro atoms. The summed E-state index contributed by atoms with van der Waals surface area (Å²) in [4.78, 5) is 0. The molecule has 0 fully saturated rings. The summed E-state index contributed by atoms with van der Waals surface area (Å²) in [5, 5.41) is 0. The Balaban J connectivity index is 3.28. The topological polar surface area (TPSA) is 18.5 Å². The fourth-order valence-corrected chi connectivity index (χ4v) is 2.61. The van der Waals surface area contributed by atoms with Crippen molar-refractivity contribution < 1.29 is 9.47 Å². The van der Waals surface area contributed by atoms with Gasteiger partial charge in [-0.25, -0.2) is 0 Å². The van der Waals surface area contributed by atoms with Gasteiger partial charge in [-0.1, -0.05) is 57.6 Å². The van der Waals surface area contributed by atoms with Crippen molar-refractivity contribution >= 4 is 0 Å². The molecule has 0 N–H and O–H groups in total. The van der Waals surface area contributed by atoms with Crippen LogP contribution in [-0.4, -0.2) is 19.5 Å². The zero-order chi connectivity index (χ0) is 16.3. The summed E-state index contributed by atoms with van der Waals surface area (Å²) in [5.41, 5.74) is 0. The van der Waals surface area contributed by atoms with Gasteiger partial charge in [0, 0.05) is 13.2 Å². The van der Waals surface area contributed by atoms with E-state index in [0.29, 0.717) is 0 Å². The highest BCUT2D eigenvalue weighted by atomic mass is 16.7. The molecule has 0 aromatic carbocycles. The van der Waals surface area contributed by atoms with Crippen LogP contribution in [0.3, 0.4) is 0 Å². The smallest absolute Gasteiger partial charge is 0.157 e. The van der Waals surface area contributed by atoms with Crippen LogP contribution in [0.15, 0.2) is 12.2 Å². The highest BCUT2D eigenvalue weighted by Crippen LogP contribution is 2.11. The first-order valence-electron chi connectivity index (χ1n) is 9.73. The quantitative estimate of drug-likeness (QED) is 0.170. The molecule has 0 aromatic rings. The number of hydrogen-bond acceptors (Lipinski definition) is 2. The Morgan fingerprint density at radius 1 is 0.636 bits per heavy atom. The van der Waals surface area contributed by atoms with E-state index >= 15 is 0 Å². The zero-order valence-electron chi connectivity index (χ0n) is 15.4. The van der Waals surface area contributed by atoms with Gasteiger partial charge in [-0.05, 0) is 52.4 Å². The largest absolute Gasteiger partial charge is 0.353 e. The van der Waals surface area contributed by atoms with Crippen LogP contribution < -0.4 is 0 Å². The first kappa shape index (κ1) is 21.7. The molecule has 0 aliphatic carbocycles. The Hall–Kier alpha value is -0.340. The molecular weight excluding hydrogens is 272 g/mol. The highest BCUT2D eigenvalue weighted by Gasteiger charge is 2.06. The van der Waals surface area contributed by atoms with Crippen molar-refractivity contribution in [3.8, 4) is 0 Å². The van der Waals surface area contributed by atoms with E-state index in [1.807, 2.05) is 13.8 Å². The zero-order valence-corrected chi connectivity index (χ0v) is 15.4. The van der Waals surface area contributed by atoms with Gasteiger partial charge in [0.2, 0.25) is 0 Å². The van der Waals surface area contributed by atoms with Gasteiger partial charge >= 0.3 is 0 Å². The van der Waals surface area contributed by atoms with Crippen molar-refractivity contribution in [1.29, 1.82) is 0 Å². The lowest BCUT2D eigenvalue weighted by atomic mass is 10.1. The van der Waals surface area contributed by atoms with Crippen LogP contribution in [0.25, 0.3) is 0 Å². The lowest BCUT2D eigenvalue weighted by Crippen LogP contribution is -2.17. The van der Waals surface area contributed by atoms with Crippen molar-refractivity contribution in [3.63, 3.8) is 0 Å². The number of hydrogen-bond donors (Lipinski definition) is 0. The Morgan fingerprint density at radius 3 is 1.68 bits per heavy atom. The second-order valence-corrected chi connectivity index (χ2v) is 6.01. The summed E-state index contributed by atoms with van der Waals surface area (Å²) in [6.45, 7) is 7.81. The Kier molecular flexibility index (Phi) is 18.4. The molecule has 0 radical (unpaired) electrons. The molecule has 0 aliphatic rings. The van der Waals surface area contributed by atoms with Gasteiger partial charge in [0.1, 0.15) is 0 Å². The number of allylic oxidation sites excluding steroid dienone is 2. The maximum Gasteiger partial charge on any atom is 0.157 e. The SMILES string of the molecule is CCCCCCCC/C=C\CCCCCC(OCC)OCC. The fraction of sp³-hybridized carbons (Fsp3) is 0.900. The van der Waals surface area contributed by atoms with E-state index in [4.69, 9.17) is 9.47 Å². The van der Waals surface area contributed by atoms with Crippen molar-refractivity contribution in [2.45, 2.75) is 104 Å². The van der Waals surface area contributed by atoms with Crippen molar-refractivity contribution in [1.82, 2.24) is 0 Å². The maximum absolute atomic E-state index is 5.55. The second-order valence-electron chi connectivity index (χ2n) is 6.01. The third kappa shape index (κ3) is 16.0. The van der Waals surface area contributed by atoms with Crippen LogP contribution in [0.5, 0.6) is 0 Å². The summed E-state index contributed by atoms with van der Waals surface area (Å²) >= 11 is 0. The molecule has 22 heavy (non-hydrogen) atoms. The lowest BCUT2D eigenvalue weighted by Gasteiger charge is -2.16. The summed E-state index contributed by atoms with van der Waals surface area (Å²) in [7, 11) is 0. The van der Waals surface area contributed by atoms with Gasteiger partial charge in [-0.15, -0.1) is 0 Å². The standard InChI is InChI=1S/C20H40O2/c1-4-7-8-9-10-11-12-13-14-15-16-17-18-19-20(21-5-2)22-6-3/h13-14,20H,4-12,15-19H2,1-3H3/b14-13-. The molecule has 2 nitrogen and oxygen atoms in total. The molecule has 0 unspecified atom stereocenters. The minimum absolute atomic E-state index is 0.0123. The van der Waals surface area contributed by atoms with Gasteiger partial charge in [0.15, 0.2) is 6.29 Å². The van der Waals surface area contributed by atoms with Crippen LogP contribution in [0.4, 0.5) is 0 Å². The van der Waals surface area contributed by atoms with E-state index in [1.165, 1.54) is 70.6 Å². The fourth-order valence-electron chi connectivity index (χ4n) is 2.61. The average molecular weight is 313 g/mol. The second kappa shape index (κ2) is 18.7. The normalized spacial score (nSPS) is 11.8. The molecule has 132 valence electrons. The van der Waals surface area contributed by atoms with Gasteiger partial charge in [0.25, 0.3) is 0 Å². The van der Waals surface area contributed by atoms with Crippen LogP contribution in [0.1, 0.15) is 97.8 Å². The summed E-state index contributed by atoms with van der Waals surface area (Å²) in [5.74, 6) is 0. The van der Waals surface area contributed by atoms with Crippen LogP contribution in [0.2, 0.25) is 0 Å². The monoisotopic (exact) mass is 312 g/mol. The molecule has 0 saturated carbocycles. The molecular formula is C20H40O2. The van der Waals surface area contributed by atoms with E-state index < -0.39 is 0 Å². The minimum atomic E-state index is 0.0123. The molecule has 2 heteroatoms. The average Bonchev–Trinajstić information content (AvgIpc) is 2.52. The number of rotatable bonds is 17. The third-order valence-corrected chi connectivity index (χ3v) is 3.91. The molecule has 0 heterocycles. The molecule has 0 amide bonds. The number of ether oxygens (including phenoxy) is 2. The van der Waals surface area contributed by atoms with Crippen LogP contribution in [-0.2, 0) is 9.47 Å². The molecule has 0 aromatic heterocycles. The van der Waals surface area contributed by atoms with E-state index in [9.17, 15) is 0 Å². The van der Waals surface area contributed by atoms with Crippen LogP contribution in [0, 0.1) is 0 Å². The third-order valence-electron chi connectivity index (χ3n) is 3.91. The predicted octanol–water partition coefficient (Wildman–Crippen LogP) is 6.64. The minimum Gasteiger partial charge on any atom is -0.353 e. The van der Waals surface area contributed by atoms with Gasteiger partial charge in [-0.2, -0.15) is 0 Å². The van der Waals surface area contributed by atoms with Crippen LogP contribution >= 0.6 is 0 Å². The molecule has 0 aliphatic heterocycles. The Bertz CT molecular complexity index is 220. The summed E-state index contributed by atoms with van der Waals surface area (Å²) < 4.78 is 11.1. The number of unbranched alkanes of at least 4 members (excludes halogenated alkanes) is 9. The molecule has 0 atom stereocenters. The van der Waals surface area contributed by atoms with Crippen molar-refractivity contribution in [2.24, 2.45) is 0 Å². The summed E-state index contributed by atoms with van der Waals surface area (Å²) in [6, 6.07) is 0. The van der Waals surface area contributed by atoms with Gasteiger partial charge < -0.3 is 9.47 Å². The summed E-state index contributed by atoms with van der Waals surface area (Å²) in [6.07, 6.45) is 20.4. The Morgan fingerprint density at radius 2 is 1.14 bits per heavy atom. The van der Waals surface area contributed by atoms with Crippen molar-refractivity contribution in [3.05, 3.63) is 12.2 Å². The highest BCUT2D eigenvalue weighted by molar-refractivity contribution is 4.81. The molecule has 0 saturated heterocycles.